The number of carbonyl (C=O) groups is 1. The van der Waals surface area contributed by atoms with Gasteiger partial charge in [-0.1, -0.05) is 18.2 Å². The molecule has 0 aliphatic rings. The van der Waals surface area contributed by atoms with E-state index in [1.54, 1.807) is 43.3 Å². The molecular weight excluding hydrogens is 226 g/mol. The van der Waals surface area contributed by atoms with Crippen molar-refractivity contribution >= 4 is 11.9 Å². The Hall–Kier alpha value is -2.60. The Bertz CT molecular complexity index is 645. The molecule has 3 heteroatoms. The average molecular weight is 237 g/mol. The van der Waals surface area contributed by atoms with Gasteiger partial charge < -0.3 is 4.42 Å². The maximum absolute atomic E-state index is 11.7. The predicted molar refractivity (Wildman–Crippen MR) is 68.0 cm³/mol. The van der Waals surface area contributed by atoms with Crippen molar-refractivity contribution in [2.45, 2.75) is 6.92 Å². The molecule has 0 spiro atoms. The molecule has 18 heavy (non-hydrogen) atoms. The topological polar surface area (TPSA) is 54.0 Å². The number of carbonyl (C=O) groups excluding carboxylic acids is 1. The van der Waals surface area contributed by atoms with Gasteiger partial charge in [0, 0.05) is 0 Å². The second-order valence-corrected chi connectivity index (χ2v) is 3.85. The van der Waals surface area contributed by atoms with Crippen molar-refractivity contribution in [3.8, 4) is 6.07 Å². The molecule has 0 fully saturated rings. The first-order chi connectivity index (χ1) is 8.69. The molecule has 2 aromatic rings. The van der Waals surface area contributed by atoms with Crippen LogP contribution in [0.15, 0.2) is 46.9 Å². The summed E-state index contributed by atoms with van der Waals surface area (Å²) in [5.74, 6) is 0.837. The first-order valence-corrected chi connectivity index (χ1v) is 5.48. The van der Waals surface area contributed by atoms with E-state index in [0.29, 0.717) is 17.1 Å². The molecule has 0 saturated carbocycles. The maximum Gasteiger partial charge on any atom is 0.221 e. The van der Waals surface area contributed by atoms with E-state index in [2.05, 4.69) is 6.07 Å². The smallest absolute Gasteiger partial charge is 0.221 e. The fourth-order valence-electron chi connectivity index (χ4n) is 1.53. The molecule has 1 aromatic heterocycles. The number of aryl methyl sites for hydroxylation is 1. The van der Waals surface area contributed by atoms with E-state index in [0.717, 1.165) is 5.56 Å². The number of nitriles is 1. The molecular formula is C15H11NO2. The van der Waals surface area contributed by atoms with E-state index >= 15 is 0 Å². The lowest BCUT2D eigenvalue weighted by Gasteiger charge is -1.93. The van der Waals surface area contributed by atoms with E-state index in [1.165, 1.54) is 6.08 Å². The van der Waals surface area contributed by atoms with E-state index in [-0.39, 0.29) is 5.78 Å². The second kappa shape index (κ2) is 5.15. The largest absolute Gasteiger partial charge is 0.458 e. The van der Waals surface area contributed by atoms with Crippen LogP contribution in [-0.4, -0.2) is 5.78 Å². The molecule has 0 amide bonds. The third kappa shape index (κ3) is 2.74. The van der Waals surface area contributed by atoms with E-state index in [4.69, 9.17) is 9.68 Å². The average Bonchev–Trinajstić information content (AvgIpc) is 2.83. The summed E-state index contributed by atoms with van der Waals surface area (Å²) < 4.78 is 5.23. The quantitative estimate of drug-likeness (QED) is 0.607. The highest BCUT2D eigenvalue weighted by atomic mass is 16.3. The van der Waals surface area contributed by atoms with Crippen LogP contribution in [0.25, 0.3) is 6.08 Å². The van der Waals surface area contributed by atoms with E-state index < -0.39 is 0 Å². The fraction of sp³-hybridized carbons (Fsp3) is 0.0667. The van der Waals surface area contributed by atoms with Crippen LogP contribution in [0.2, 0.25) is 0 Å². The summed E-state index contributed by atoms with van der Waals surface area (Å²) in [5.41, 5.74) is 1.38. The lowest BCUT2D eigenvalue weighted by Crippen LogP contribution is -1.90. The molecule has 0 radical (unpaired) electrons. The Labute approximate surface area is 105 Å². The van der Waals surface area contributed by atoms with Gasteiger partial charge in [0.15, 0.2) is 5.76 Å². The summed E-state index contributed by atoms with van der Waals surface area (Å²) in [5, 5.41) is 8.76. The van der Waals surface area contributed by atoms with Crippen LogP contribution in [-0.2, 0) is 0 Å². The molecule has 0 saturated heterocycles. The van der Waals surface area contributed by atoms with Crippen molar-refractivity contribution in [2.75, 3.05) is 0 Å². The summed E-state index contributed by atoms with van der Waals surface area (Å²) in [7, 11) is 0. The minimum absolute atomic E-state index is 0.189. The zero-order chi connectivity index (χ0) is 13.0. The Morgan fingerprint density at radius 2 is 2.17 bits per heavy atom. The first kappa shape index (κ1) is 11.9. The van der Waals surface area contributed by atoms with Crippen molar-refractivity contribution in [1.82, 2.24) is 0 Å². The van der Waals surface area contributed by atoms with Crippen LogP contribution < -0.4 is 0 Å². The van der Waals surface area contributed by atoms with Gasteiger partial charge in [-0.15, -0.1) is 0 Å². The zero-order valence-corrected chi connectivity index (χ0v) is 9.88. The van der Waals surface area contributed by atoms with Crippen LogP contribution in [0.3, 0.4) is 0 Å². The lowest BCUT2D eigenvalue weighted by molar-refractivity contribution is 0.102. The van der Waals surface area contributed by atoms with Crippen molar-refractivity contribution in [1.29, 1.82) is 5.26 Å². The number of ketones is 1. The molecule has 0 bridgehead atoms. The normalized spacial score (nSPS) is 10.4. The molecule has 2 rings (SSSR count). The van der Waals surface area contributed by atoms with Crippen LogP contribution in [0, 0.1) is 18.3 Å². The Kier molecular flexibility index (Phi) is 3.40. The third-order valence-electron chi connectivity index (χ3n) is 2.43. The van der Waals surface area contributed by atoms with E-state index in [1.807, 2.05) is 6.07 Å². The summed E-state index contributed by atoms with van der Waals surface area (Å²) in [4.78, 5) is 11.7. The number of hydrogen-bond acceptors (Lipinski definition) is 3. The number of furan rings is 1. The molecule has 0 N–H and O–H groups in total. The van der Waals surface area contributed by atoms with Gasteiger partial charge in [-0.3, -0.25) is 4.79 Å². The summed E-state index contributed by atoms with van der Waals surface area (Å²) in [6, 6.07) is 12.5. The molecule has 88 valence electrons. The number of allylic oxidation sites excluding steroid dienone is 1. The van der Waals surface area contributed by atoms with Crippen LogP contribution in [0.4, 0.5) is 0 Å². The zero-order valence-electron chi connectivity index (χ0n) is 9.88. The molecule has 0 atom stereocenters. The van der Waals surface area contributed by atoms with Gasteiger partial charge in [0.25, 0.3) is 0 Å². The van der Waals surface area contributed by atoms with Gasteiger partial charge in [0.1, 0.15) is 5.76 Å². The Balaban J connectivity index is 2.16. The number of benzene rings is 1. The van der Waals surface area contributed by atoms with Crippen molar-refractivity contribution < 1.29 is 9.21 Å². The van der Waals surface area contributed by atoms with Crippen molar-refractivity contribution in [3.05, 3.63) is 65.1 Å². The third-order valence-corrected chi connectivity index (χ3v) is 2.43. The van der Waals surface area contributed by atoms with Gasteiger partial charge in [0.2, 0.25) is 5.78 Å². The molecule has 0 unspecified atom stereocenters. The standard InChI is InChI=1S/C15H11NO2/c1-11-5-8-15(18-11)14(17)7-6-12-3-2-4-13(9-12)10-16/h2-9H,1H3/b7-6-. The molecule has 1 heterocycles. The van der Waals surface area contributed by atoms with Crippen LogP contribution >= 0.6 is 0 Å². The Morgan fingerprint density at radius 1 is 1.33 bits per heavy atom. The van der Waals surface area contributed by atoms with Gasteiger partial charge in [-0.05, 0) is 42.8 Å². The maximum atomic E-state index is 11.7. The SMILES string of the molecule is Cc1ccc(C(=O)/C=C\c2cccc(C#N)c2)o1. The molecule has 0 aliphatic carbocycles. The molecule has 3 nitrogen and oxygen atoms in total. The highest BCUT2D eigenvalue weighted by Crippen LogP contribution is 2.10. The van der Waals surface area contributed by atoms with Crippen LogP contribution in [0.5, 0.6) is 0 Å². The number of hydrogen-bond donors (Lipinski definition) is 0. The van der Waals surface area contributed by atoms with Gasteiger partial charge in [-0.25, -0.2) is 0 Å². The summed E-state index contributed by atoms with van der Waals surface area (Å²) in [6.45, 7) is 1.79. The van der Waals surface area contributed by atoms with Gasteiger partial charge in [-0.2, -0.15) is 5.26 Å². The minimum atomic E-state index is -0.189. The van der Waals surface area contributed by atoms with Gasteiger partial charge in [0.05, 0.1) is 11.6 Å². The second-order valence-electron chi connectivity index (χ2n) is 3.85. The number of nitrogens with zero attached hydrogens (tertiary/aromatic N) is 1. The molecule has 0 aliphatic heterocycles. The fourth-order valence-corrected chi connectivity index (χ4v) is 1.53. The predicted octanol–water partition coefficient (Wildman–Crippen LogP) is 3.36. The summed E-state index contributed by atoms with van der Waals surface area (Å²) in [6.07, 6.45) is 3.11. The van der Waals surface area contributed by atoms with Crippen LogP contribution in [0.1, 0.15) is 27.4 Å². The summed E-state index contributed by atoms with van der Waals surface area (Å²) >= 11 is 0. The minimum Gasteiger partial charge on any atom is -0.458 e. The van der Waals surface area contributed by atoms with Gasteiger partial charge >= 0.3 is 0 Å². The lowest BCUT2D eigenvalue weighted by atomic mass is 10.1. The highest BCUT2D eigenvalue weighted by Gasteiger charge is 2.05. The van der Waals surface area contributed by atoms with Crippen molar-refractivity contribution in [2.24, 2.45) is 0 Å². The monoisotopic (exact) mass is 237 g/mol. The Morgan fingerprint density at radius 3 is 2.83 bits per heavy atom. The highest BCUT2D eigenvalue weighted by molar-refractivity contribution is 6.04. The number of rotatable bonds is 3. The first-order valence-electron chi connectivity index (χ1n) is 5.48. The van der Waals surface area contributed by atoms with E-state index in [9.17, 15) is 4.79 Å². The van der Waals surface area contributed by atoms with Crippen molar-refractivity contribution in [3.63, 3.8) is 0 Å². The molecule has 1 aromatic carbocycles.